The molecule has 0 aromatic heterocycles. The number of carbonyl (C=O) groups is 1. The molecule has 2 heteroatoms. The smallest absolute Gasteiger partial charge is 0.166 e. The zero-order valence-corrected chi connectivity index (χ0v) is 9.91. The van der Waals surface area contributed by atoms with E-state index in [1.165, 1.54) is 0 Å². The second-order valence-corrected chi connectivity index (χ2v) is 4.18. The number of hydrogen-bond acceptors (Lipinski definition) is 1. The Hall–Kier alpha value is -0.890. The standard InChI is InChI=1S/C12H13BrO/c1-12(2,11(14)8-9-13)10-6-4-3-5-7-10/h3-9H,1-2H3/b9-8+. The fourth-order valence-electron chi connectivity index (χ4n) is 1.26. The number of benzene rings is 1. The van der Waals surface area contributed by atoms with E-state index in [0.717, 1.165) is 5.56 Å². The highest BCUT2D eigenvalue weighted by molar-refractivity contribution is 9.11. The summed E-state index contributed by atoms with van der Waals surface area (Å²) in [5.41, 5.74) is 0.585. The molecule has 0 fully saturated rings. The molecule has 0 heterocycles. The second kappa shape index (κ2) is 4.56. The summed E-state index contributed by atoms with van der Waals surface area (Å²) >= 11 is 3.11. The van der Waals surface area contributed by atoms with E-state index >= 15 is 0 Å². The lowest BCUT2D eigenvalue weighted by Gasteiger charge is -2.21. The third-order valence-corrected chi connectivity index (χ3v) is 2.59. The van der Waals surface area contributed by atoms with Gasteiger partial charge >= 0.3 is 0 Å². The van der Waals surface area contributed by atoms with Crippen molar-refractivity contribution in [1.82, 2.24) is 0 Å². The van der Waals surface area contributed by atoms with E-state index < -0.39 is 5.41 Å². The van der Waals surface area contributed by atoms with Crippen molar-refractivity contribution < 1.29 is 4.79 Å². The Labute approximate surface area is 93.0 Å². The maximum atomic E-state index is 11.7. The van der Waals surface area contributed by atoms with Crippen molar-refractivity contribution in [2.24, 2.45) is 0 Å². The van der Waals surface area contributed by atoms with Gasteiger partial charge in [-0.15, -0.1) is 0 Å². The van der Waals surface area contributed by atoms with E-state index in [4.69, 9.17) is 0 Å². The molecule has 0 amide bonds. The quantitative estimate of drug-likeness (QED) is 0.754. The van der Waals surface area contributed by atoms with Crippen molar-refractivity contribution in [2.75, 3.05) is 0 Å². The van der Waals surface area contributed by atoms with Gasteiger partial charge in [-0.25, -0.2) is 0 Å². The van der Waals surface area contributed by atoms with Crippen LogP contribution in [-0.2, 0) is 10.2 Å². The minimum absolute atomic E-state index is 0.0978. The van der Waals surface area contributed by atoms with Crippen LogP contribution < -0.4 is 0 Å². The lowest BCUT2D eigenvalue weighted by Crippen LogP contribution is -2.27. The van der Waals surface area contributed by atoms with E-state index in [9.17, 15) is 4.79 Å². The fraction of sp³-hybridized carbons (Fsp3) is 0.250. The molecule has 0 N–H and O–H groups in total. The first-order valence-corrected chi connectivity index (χ1v) is 5.37. The zero-order valence-electron chi connectivity index (χ0n) is 8.33. The first-order chi connectivity index (χ1) is 6.59. The average Bonchev–Trinajstić information content (AvgIpc) is 2.19. The van der Waals surface area contributed by atoms with Gasteiger partial charge in [0.1, 0.15) is 0 Å². The number of carbonyl (C=O) groups excluding carboxylic acids is 1. The van der Waals surface area contributed by atoms with Gasteiger partial charge in [-0.1, -0.05) is 46.3 Å². The molecule has 1 aromatic rings. The summed E-state index contributed by atoms with van der Waals surface area (Å²) in [6, 6.07) is 9.79. The Morgan fingerprint density at radius 1 is 1.29 bits per heavy atom. The summed E-state index contributed by atoms with van der Waals surface area (Å²) in [4.78, 5) is 13.3. The lowest BCUT2D eigenvalue weighted by atomic mass is 9.81. The molecule has 0 bridgehead atoms. The van der Waals surface area contributed by atoms with Gasteiger partial charge in [0, 0.05) is 0 Å². The van der Waals surface area contributed by atoms with Crippen molar-refractivity contribution in [1.29, 1.82) is 0 Å². The number of hydrogen-bond donors (Lipinski definition) is 0. The van der Waals surface area contributed by atoms with Crippen molar-refractivity contribution in [3.63, 3.8) is 0 Å². The minimum atomic E-state index is -0.453. The van der Waals surface area contributed by atoms with E-state index in [1.807, 2.05) is 44.2 Å². The number of ketones is 1. The predicted octanol–water partition coefficient (Wildman–Crippen LogP) is 3.44. The van der Waals surface area contributed by atoms with Crippen LogP contribution in [0.25, 0.3) is 0 Å². The molecular weight excluding hydrogens is 240 g/mol. The molecule has 0 unspecified atom stereocenters. The van der Waals surface area contributed by atoms with Crippen LogP contribution in [0.2, 0.25) is 0 Å². The molecule has 0 saturated carbocycles. The number of allylic oxidation sites excluding steroid dienone is 1. The van der Waals surface area contributed by atoms with Crippen LogP contribution >= 0.6 is 15.9 Å². The summed E-state index contributed by atoms with van der Waals surface area (Å²) in [6.45, 7) is 3.86. The summed E-state index contributed by atoms with van der Waals surface area (Å²) in [6.07, 6.45) is 1.55. The van der Waals surface area contributed by atoms with Crippen molar-refractivity contribution in [3.05, 3.63) is 47.0 Å². The third kappa shape index (κ3) is 2.32. The normalized spacial score (nSPS) is 11.9. The van der Waals surface area contributed by atoms with E-state index in [-0.39, 0.29) is 5.78 Å². The average molecular weight is 253 g/mol. The SMILES string of the molecule is CC(C)(C(=O)/C=C/Br)c1ccccc1. The molecule has 0 radical (unpaired) electrons. The van der Waals surface area contributed by atoms with Gasteiger partial charge in [0.15, 0.2) is 5.78 Å². The van der Waals surface area contributed by atoms with Crippen molar-refractivity contribution >= 4 is 21.7 Å². The monoisotopic (exact) mass is 252 g/mol. The molecule has 0 aliphatic carbocycles. The summed E-state index contributed by atoms with van der Waals surface area (Å²) in [7, 11) is 0. The molecule has 1 rings (SSSR count). The largest absolute Gasteiger partial charge is 0.294 e. The van der Waals surface area contributed by atoms with Crippen LogP contribution in [0.1, 0.15) is 19.4 Å². The Morgan fingerprint density at radius 2 is 1.86 bits per heavy atom. The van der Waals surface area contributed by atoms with E-state index in [0.29, 0.717) is 0 Å². The lowest BCUT2D eigenvalue weighted by molar-refractivity contribution is -0.118. The molecule has 0 aliphatic heterocycles. The van der Waals surface area contributed by atoms with Gasteiger partial charge in [0.2, 0.25) is 0 Å². The Morgan fingerprint density at radius 3 is 2.36 bits per heavy atom. The van der Waals surface area contributed by atoms with Gasteiger partial charge in [-0.05, 0) is 30.5 Å². The van der Waals surface area contributed by atoms with Gasteiger partial charge in [-0.2, -0.15) is 0 Å². The molecular formula is C12H13BrO. The van der Waals surface area contributed by atoms with Crippen LogP contribution in [0.15, 0.2) is 41.4 Å². The van der Waals surface area contributed by atoms with E-state index in [1.54, 1.807) is 11.1 Å². The molecule has 0 aliphatic rings. The Kier molecular flexibility index (Phi) is 3.64. The van der Waals surface area contributed by atoms with Crippen molar-refractivity contribution in [2.45, 2.75) is 19.3 Å². The topological polar surface area (TPSA) is 17.1 Å². The zero-order chi connectivity index (χ0) is 10.6. The molecule has 0 saturated heterocycles. The predicted molar refractivity (Wildman–Crippen MR) is 62.5 cm³/mol. The fourth-order valence-corrected chi connectivity index (χ4v) is 1.50. The molecule has 0 atom stereocenters. The Bertz CT molecular complexity index is 339. The molecule has 1 aromatic carbocycles. The summed E-state index contributed by atoms with van der Waals surface area (Å²) in [5, 5.41) is 0. The minimum Gasteiger partial charge on any atom is -0.294 e. The van der Waals surface area contributed by atoms with Crippen LogP contribution in [-0.4, -0.2) is 5.78 Å². The first-order valence-electron chi connectivity index (χ1n) is 4.46. The maximum absolute atomic E-state index is 11.7. The van der Waals surface area contributed by atoms with Gasteiger partial charge in [0.25, 0.3) is 0 Å². The Balaban J connectivity index is 3.02. The molecule has 74 valence electrons. The number of halogens is 1. The van der Waals surface area contributed by atoms with Crippen LogP contribution in [0, 0.1) is 0 Å². The van der Waals surface area contributed by atoms with E-state index in [2.05, 4.69) is 15.9 Å². The molecule has 14 heavy (non-hydrogen) atoms. The summed E-state index contributed by atoms with van der Waals surface area (Å²) in [5.74, 6) is 0.0978. The van der Waals surface area contributed by atoms with Crippen LogP contribution in [0.5, 0.6) is 0 Å². The molecule has 0 spiro atoms. The van der Waals surface area contributed by atoms with Gasteiger partial charge < -0.3 is 0 Å². The van der Waals surface area contributed by atoms with Crippen LogP contribution in [0.3, 0.4) is 0 Å². The van der Waals surface area contributed by atoms with Gasteiger partial charge in [0.05, 0.1) is 5.41 Å². The third-order valence-electron chi connectivity index (χ3n) is 2.33. The summed E-state index contributed by atoms with van der Waals surface area (Å²) < 4.78 is 0. The first kappa shape index (κ1) is 11.2. The highest BCUT2D eigenvalue weighted by Gasteiger charge is 2.26. The second-order valence-electron chi connectivity index (χ2n) is 3.65. The number of rotatable bonds is 3. The highest BCUT2D eigenvalue weighted by Crippen LogP contribution is 2.24. The van der Waals surface area contributed by atoms with Crippen molar-refractivity contribution in [3.8, 4) is 0 Å². The van der Waals surface area contributed by atoms with Crippen LogP contribution in [0.4, 0.5) is 0 Å². The van der Waals surface area contributed by atoms with Gasteiger partial charge in [-0.3, -0.25) is 4.79 Å². The molecule has 1 nitrogen and oxygen atoms in total. The highest BCUT2D eigenvalue weighted by atomic mass is 79.9. The maximum Gasteiger partial charge on any atom is 0.166 e.